The standard InChI is InChI=1S/C10H18S/c1-8-4-6-9(7-5-8)10(2,3)11/h6,8,11H,4-5,7H2,1-3H3/t8-/m1/s1. The Morgan fingerprint density at radius 1 is 1.55 bits per heavy atom. The average Bonchev–Trinajstić information content (AvgIpc) is 1.86. The van der Waals surface area contributed by atoms with Gasteiger partial charge in [0.05, 0.1) is 0 Å². The monoisotopic (exact) mass is 170 g/mol. The second-order valence-electron chi connectivity index (χ2n) is 4.17. The number of thiol groups is 1. The summed E-state index contributed by atoms with van der Waals surface area (Å²) in [5.41, 5.74) is 1.53. The van der Waals surface area contributed by atoms with Crippen LogP contribution in [0.1, 0.15) is 40.0 Å². The van der Waals surface area contributed by atoms with Gasteiger partial charge in [0.15, 0.2) is 0 Å². The van der Waals surface area contributed by atoms with Crippen molar-refractivity contribution < 1.29 is 0 Å². The molecule has 0 saturated carbocycles. The minimum atomic E-state index is 0.111. The Bertz CT molecular complexity index is 162. The van der Waals surface area contributed by atoms with Crippen LogP contribution in [-0.4, -0.2) is 4.75 Å². The molecule has 0 aromatic heterocycles. The average molecular weight is 170 g/mol. The summed E-state index contributed by atoms with van der Waals surface area (Å²) < 4.78 is 0.111. The Balaban J connectivity index is 2.62. The first-order valence-corrected chi connectivity index (χ1v) is 4.87. The van der Waals surface area contributed by atoms with Crippen molar-refractivity contribution in [2.75, 3.05) is 0 Å². The van der Waals surface area contributed by atoms with Gasteiger partial charge in [-0.3, -0.25) is 0 Å². The molecule has 0 unspecified atom stereocenters. The van der Waals surface area contributed by atoms with Gasteiger partial charge in [0.1, 0.15) is 0 Å². The lowest BCUT2D eigenvalue weighted by molar-refractivity contribution is 0.498. The maximum Gasteiger partial charge on any atom is 0.0281 e. The molecule has 0 nitrogen and oxygen atoms in total. The van der Waals surface area contributed by atoms with Gasteiger partial charge in [0, 0.05) is 4.75 Å². The van der Waals surface area contributed by atoms with Gasteiger partial charge in [0.2, 0.25) is 0 Å². The molecular weight excluding hydrogens is 152 g/mol. The molecule has 0 fully saturated rings. The molecule has 1 aliphatic carbocycles. The highest BCUT2D eigenvalue weighted by atomic mass is 32.1. The quantitative estimate of drug-likeness (QED) is 0.452. The van der Waals surface area contributed by atoms with E-state index in [0.29, 0.717) is 0 Å². The molecule has 1 aliphatic rings. The lowest BCUT2D eigenvalue weighted by Gasteiger charge is -2.27. The van der Waals surface area contributed by atoms with Crippen LogP contribution in [0.15, 0.2) is 11.6 Å². The van der Waals surface area contributed by atoms with Crippen LogP contribution < -0.4 is 0 Å². The summed E-state index contributed by atoms with van der Waals surface area (Å²) in [6.45, 7) is 6.68. The van der Waals surface area contributed by atoms with Crippen molar-refractivity contribution in [1.82, 2.24) is 0 Å². The van der Waals surface area contributed by atoms with Crippen molar-refractivity contribution in [3.8, 4) is 0 Å². The van der Waals surface area contributed by atoms with E-state index < -0.39 is 0 Å². The van der Waals surface area contributed by atoms with Crippen LogP contribution in [0.5, 0.6) is 0 Å². The molecule has 11 heavy (non-hydrogen) atoms. The van der Waals surface area contributed by atoms with Crippen molar-refractivity contribution in [3.05, 3.63) is 11.6 Å². The van der Waals surface area contributed by atoms with Crippen LogP contribution in [0.3, 0.4) is 0 Å². The van der Waals surface area contributed by atoms with E-state index in [0.717, 1.165) is 5.92 Å². The molecule has 64 valence electrons. The van der Waals surface area contributed by atoms with Crippen molar-refractivity contribution in [3.63, 3.8) is 0 Å². The lowest BCUT2D eigenvalue weighted by Crippen LogP contribution is -2.18. The topological polar surface area (TPSA) is 0 Å². The molecule has 0 N–H and O–H groups in total. The summed E-state index contributed by atoms with van der Waals surface area (Å²) in [6, 6.07) is 0. The molecule has 0 bridgehead atoms. The molecule has 0 spiro atoms. The third-order valence-corrected chi connectivity index (χ3v) is 2.75. The molecule has 0 aromatic rings. The Hall–Kier alpha value is 0.0900. The molecule has 1 heteroatoms. The summed E-state index contributed by atoms with van der Waals surface area (Å²) in [5.74, 6) is 0.884. The summed E-state index contributed by atoms with van der Waals surface area (Å²) >= 11 is 4.56. The van der Waals surface area contributed by atoms with Crippen molar-refractivity contribution in [2.45, 2.75) is 44.8 Å². The summed E-state index contributed by atoms with van der Waals surface area (Å²) in [6.07, 6.45) is 6.22. The number of allylic oxidation sites excluding steroid dienone is 1. The van der Waals surface area contributed by atoms with Crippen LogP contribution in [-0.2, 0) is 0 Å². The Morgan fingerprint density at radius 3 is 2.55 bits per heavy atom. The van der Waals surface area contributed by atoms with Crippen LogP contribution in [0.25, 0.3) is 0 Å². The van der Waals surface area contributed by atoms with E-state index in [-0.39, 0.29) is 4.75 Å². The molecular formula is C10H18S. The molecule has 1 rings (SSSR count). The van der Waals surface area contributed by atoms with E-state index in [9.17, 15) is 0 Å². The highest BCUT2D eigenvalue weighted by molar-refractivity contribution is 7.82. The van der Waals surface area contributed by atoms with E-state index >= 15 is 0 Å². The van der Waals surface area contributed by atoms with Gasteiger partial charge in [-0.15, -0.1) is 0 Å². The van der Waals surface area contributed by atoms with Crippen molar-refractivity contribution in [2.24, 2.45) is 5.92 Å². The van der Waals surface area contributed by atoms with Crippen LogP contribution >= 0.6 is 12.6 Å². The third-order valence-electron chi connectivity index (χ3n) is 2.46. The van der Waals surface area contributed by atoms with Gasteiger partial charge in [-0.05, 0) is 39.0 Å². The highest BCUT2D eigenvalue weighted by Crippen LogP contribution is 2.33. The van der Waals surface area contributed by atoms with Crippen molar-refractivity contribution >= 4 is 12.6 Å². The lowest BCUT2D eigenvalue weighted by atomic mass is 9.86. The third kappa shape index (κ3) is 2.55. The summed E-state index contributed by atoms with van der Waals surface area (Å²) in [5, 5.41) is 0. The van der Waals surface area contributed by atoms with Crippen LogP contribution in [0, 0.1) is 5.92 Å². The molecule has 0 saturated heterocycles. The minimum Gasteiger partial charge on any atom is -0.169 e. The molecule has 0 heterocycles. The fourth-order valence-electron chi connectivity index (χ4n) is 1.52. The predicted molar refractivity (Wildman–Crippen MR) is 54.2 cm³/mol. The smallest absolute Gasteiger partial charge is 0.0281 e. The summed E-state index contributed by atoms with van der Waals surface area (Å²) in [4.78, 5) is 0. The molecule has 1 atom stereocenters. The Kier molecular flexibility index (Phi) is 2.69. The highest BCUT2D eigenvalue weighted by Gasteiger charge is 2.21. The first-order valence-electron chi connectivity index (χ1n) is 4.42. The van der Waals surface area contributed by atoms with Crippen LogP contribution in [0.4, 0.5) is 0 Å². The van der Waals surface area contributed by atoms with E-state index in [1.165, 1.54) is 24.8 Å². The number of hydrogen-bond donors (Lipinski definition) is 1. The van der Waals surface area contributed by atoms with Gasteiger partial charge < -0.3 is 0 Å². The van der Waals surface area contributed by atoms with Gasteiger partial charge in [-0.2, -0.15) is 12.6 Å². The summed E-state index contributed by atoms with van der Waals surface area (Å²) in [7, 11) is 0. The Labute approximate surface area is 75.5 Å². The SMILES string of the molecule is C[C@@H]1CC=C(C(C)(C)S)CC1. The van der Waals surface area contributed by atoms with Crippen LogP contribution in [0.2, 0.25) is 0 Å². The second-order valence-corrected chi connectivity index (χ2v) is 5.29. The van der Waals surface area contributed by atoms with Gasteiger partial charge in [-0.1, -0.05) is 18.6 Å². The zero-order valence-corrected chi connectivity index (χ0v) is 8.62. The van der Waals surface area contributed by atoms with E-state index in [4.69, 9.17) is 0 Å². The molecule has 0 amide bonds. The fourth-order valence-corrected chi connectivity index (χ4v) is 1.72. The zero-order valence-electron chi connectivity index (χ0n) is 7.72. The van der Waals surface area contributed by atoms with Gasteiger partial charge >= 0.3 is 0 Å². The van der Waals surface area contributed by atoms with E-state index in [1.807, 2.05) is 0 Å². The maximum atomic E-state index is 4.56. The fraction of sp³-hybridized carbons (Fsp3) is 0.800. The van der Waals surface area contributed by atoms with Gasteiger partial charge in [-0.25, -0.2) is 0 Å². The first kappa shape index (κ1) is 9.18. The molecule has 0 aromatic carbocycles. The van der Waals surface area contributed by atoms with Crippen molar-refractivity contribution in [1.29, 1.82) is 0 Å². The van der Waals surface area contributed by atoms with Gasteiger partial charge in [0.25, 0.3) is 0 Å². The largest absolute Gasteiger partial charge is 0.169 e. The van der Waals surface area contributed by atoms with E-state index in [2.05, 4.69) is 39.5 Å². The zero-order chi connectivity index (χ0) is 8.48. The second kappa shape index (κ2) is 3.22. The number of rotatable bonds is 1. The molecule has 0 aliphatic heterocycles. The molecule has 0 radical (unpaired) electrons. The first-order chi connectivity index (χ1) is 5.00. The maximum absolute atomic E-state index is 4.56. The van der Waals surface area contributed by atoms with E-state index in [1.54, 1.807) is 0 Å². The normalized spacial score (nSPS) is 26.5. The predicted octanol–water partition coefficient (Wildman–Crippen LogP) is 3.44. The number of hydrogen-bond acceptors (Lipinski definition) is 1. The minimum absolute atomic E-state index is 0.111. The Morgan fingerprint density at radius 2 is 2.18 bits per heavy atom.